The molecule has 0 aliphatic rings. The van der Waals surface area contributed by atoms with E-state index in [1.54, 1.807) is 18.2 Å². The average molecular weight is 454 g/mol. The zero-order valence-corrected chi connectivity index (χ0v) is 18.1. The fourth-order valence-corrected chi connectivity index (χ4v) is 4.08. The Bertz CT molecular complexity index is 1110. The number of H-pyrrole nitrogens is 1. The summed E-state index contributed by atoms with van der Waals surface area (Å²) in [5, 5.41) is 4.39. The maximum atomic E-state index is 12.4. The molecule has 0 aliphatic heterocycles. The van der Waals surface area contributed by atoms with E-state index in [2.05, 4.69) is 10.3 Å². The van der Waals surface area contributed by atoms with Gasteiger partial charge in [0.05, 0.1) is 27.9 Å². The van der Waals surface area contributed by atoms with E-state index >= 15 is 0 Å². The number of nitrogens with one attached hydrogen (secondary N) is 2. The minimum Gasteiger partial charge on any atom is -0.332 e. The van der Waals surface area contributed by atoms with Gasteiger partial charge in [0, 0.05) is 16.1 Å². The molecule has 1 amide bonds. The predicted molar refractivity (Wildman–Crippen MR) is 125 cm³/mol. The molecule has 1 aromatic heterocycles. The molecule has 1 heterocycles. The van der Waals surface area contributed by atoms with E-state index in [9.17, 15) is 4.79 Å². The molecule has 3 aromatic carbocycles. The van der Waals surface area contributed by atoms with Gasteiger partial charge in [0.15, 0.2) is 5.16 Å². The molecule has 0 fully saturated rings. The molecular weight excluding hydrogens is 437 g/mol. The molecule has 0 spiro atoms. The molecular formula is C23H17Cl2N3OS. The number of aromatic nitrogens is 2. The number of halogens is 2. The molecule has 0 radical (unpaired) electrons. The summed E-state index contributed by atoms with van der Waals surface area (Å²) in [6.07, 6.45) is 0. The second kappa shape index (κ2) is 9.39. The van der Waals surface area contributed by atoms with Gasteiger partial charge in [0.1, 0.15) is 0 Å². The lowest BCUT2D eigenvalue weighted by molar-refractivity contribution is -0.113. The van der Waals surface area contributed by atoms with Crippen molar-refractivity contribution in [3.8, 4) is 22.5 Å². The number of amides is 1. The van der Waals surface area contributed by atoms with Crippen LogP contribution in [0.15, 0.2) is 84.0 Å². The van der Waals surface area contributed by atoms with Crippen molar-refractivity contribution in [1.82, 2.24) is 9.97 Å². The fraction of sp³-hybridized carbons (Fsp3) is 0.0435. The van der Waals surface area contributed by atoms with Gasteiger partial charge >= 0.3 is 0 Å². The van der Waals surface area contributed by atoms with Crippen molar-refractivity contribution >= 4 is 46.6 Å². The number of imidazole rings is 1. The van der Waals surface area contributed by atoms with Gasteiger partial charge in [-0.1, -0.05) is 95.6 Å². The fourth-order valence-electron chi connectivity index (χ4n) is 2.95. The molecule has 0 saturated carbocycles. The largest absolute Gasteiger partial charge is 0.332 e. The second-order valence-corrected chi connectivity index (χ2v) is 8.27. The number of rotatable bonds is 6. The van der Waals surface area contributed by atoms with Crippen molar-refractivity contribution in [1.29, 1.82) is 0 Å². The first-order valence-electron chi connectivity index (χ1n) is 9.19. The maximum Gasteiger partial charge on any atom is 0.234 e. The molecule has 150 valence electrons. The summed E-state index contributed by atoms with van der Waals surface area (Å²) in [7, 11) is 0. The van der Waals surface area contributed by atoms with Crippen molar-refractivity contribution in [2.24, 2.45) is 0 Å². The number of carbonyl (C=O) groups is 1. The summed E-state index contributed by atoms with van der Waals surface area (Å²) >= 11 is 13.4. The summed E-state index contributed by atoms with van der Waals surface area (Å²) in [6, 6.07) is 24.9. The van der Waals surface area contributed by atoms with Gasteiger partial charge in [0.2, 0.25) is 5.91 Å². The SMILES string of the molecule is O=C(CSc1nc(-c2ccccc2)c(-c2ccccc2)[nH]1)Nc1ccc(Cl)cc1Cl. The number of aromatic amines is 1. The highest BCUT2D eigenvalue weighted by Crippen LogP contribution is 2.32. The van der Waals surface area contributed by atoms with E-state index in [0.717, 1.165) is 22.5 Å². The predicted octanol–water partition coefficient (Wildman–Crippen LogP) is 6.78. The quantitative estimate of drug-likeness (QED) is 0.316. The van der Waals surface area contributed by atoms with Crippen LogP contribution in [0.25, 0.3) is 22.5 Å². The van der Waals surface area contributed by atoms with Crippen LogP contribution in [-0.4, -0.2) is 21.6 Å². The Morgan fingerprint density at radius 1 is 0.933 bits per heavy atom. The molecule has 4 nitrogen and oxygen atoms in total. The minimum absolute atomic E-state index is 0.178. The van der Waals surface area contributed by atoms with Crippen LogP contribution in [0.1, 0.15) is 0 Å². The van der Waals surface area contributed by atoms with Crippen molar-refractivity contribution in [2.75, 3.05) is 11.1 Å². The van der Waals surface area contributed by atoms with Crippen molar-refractivity contribution < 1.29 is 4.79 Å². The lowest BCUT2D eigenvalue weighted by atomic mass is 10.1. The molecule has 0 bridgehead atoms. The molecule has 0 atom stereocenters. The molecule has 0 unspecified atom stereocenters. The summed E-state index contributed by atoms with van der Waals surface area (Å²) < 4.78 is 0. The lowest BCUT2D eigenvalue weighted by Gasteiger charge is -2.06. The maximum absolute atomic E-state index is 12.4. The number of nitrogens with zero attached hydrogens (tertiary/aromatic N) is 1. The molecule has 0 aliphatic carbocycles. The van der Waals surface area contributed by atoms with E-state index in [-0.39, 0.29) is 11.7 Å². The van der Waals surface area contributed by atoms with Crippen LogP contribution >= 0.6 is 35.0 Å². The Hall–Kier alpha value is -2.73. The molecule has 4 rings (SSSR count). The highest BCUT2D eigenvalue weighted by atomic mass is 35.5. The highest BCUT2D eigenvalue weighted by molar-refractivity contribution is 7.99. The van der Waals surface area contributed by atoms with Gasteiger partial charge < -0.3 is 10.3 Å². The average Bonchev–Trinajstić information content (AvgIpc) is 3.20. The van der Waals surface area contributed by atoms with Crippen LogP contribution in [0.3, 0.4) is 0 Å². The third-order valence-corrected chi connectivity index (χ3v) is 5.76. The van der Waals surface area contributed by atoms with E-state index in [1.165, 1.54) is 11.8 Å². The van der Waals surface area contributed by atoms with E-state index in [4.69, 9.17) is 28.2 Å². The first-order chi connectivity index (χ1) is 14.6. The first kappa shape index (κ1) is 20.5. The standard InChI is InChI=1S/C23H17Cl2N3OS/c24-17-11-12-19(18(25)13-17)26-20(29)14-30-23-27-21(15-7-3-1-4-8-15)22(28-23)16-9-5-2-6-10-16/h1-13H,14H2,(H,26,29)(H,27,28). The van der Waals surface area contributed by atoms with Crippen LogP contribution < -0.4 is 5.32 Å². The number of benzene rings is 3. The zero-order valence-electron chi connectivity index (χ0n) is 15.7. The van der Waals surface area contributed by atoms with Crippen LogP contribution in [0.4, 0.5) is 5.69 Å². The number of thioether (sulfide) groups is 1. The summed E-state index contributed by atoms with van der Waals surface area (Å²) in [4.78, 5) is 20.5. The van der Waals surface area contributed by atoms with E-state index in [1.807, 2.05) is 60.7 Å². The van der Waals surface area contributed by atoms with Gasteiger partial charge in [-0.3, -0.25) is 4.79 Å². The van der Waals surface area contributed by atoms with Gasteiger partial charge in [-0.15, -0.1) is 0 Å². The molecule has 4 aromatic rings. The Kier molecular flexibility index (Phi) is 6.43. The molecule has 0 saturated heterocycles. The third kappa shape index (κ3) is 4.87. The van der Waals surface area contributed by atoms with Crippen molar-refractivity contribution in [3.05, 3.63) is 88.9 Å². The van der Waals surface area contributed by atoms with Crippen molar-refractivity contribution in [2.45, 2.75) is 5.16 Å². The highest BCUT2D eigenvalue weighted by Gasteiger charge is 2.15. The minimum atomic E-state index is -0.178. The normalized spacial score (nSPS) is 10.7. The smallest absolute Gasteiger partial charge is 0.234 e. The zero-order chi connectivity index (χ0) is 20.9. The number of carbonyl (C=O) groups excluding carboxylic acids is 1. The number of anilines is 1. The third-order valence-electron chi connectivity index (χ3n) is 4.34. The number of hydrogen-bond donors (Lipinski definition) is 2. The Morgan fingerprint density at radius 2 is 1.60 bits per heavy atom. The van der Waals surface area contributed by atoms with E-state index in [0.29, 0.717) is 20.9 Å². The van der Waals surface area contributed by atoms with Gasteiger partial charge in [-0.05, 0) is 18.2 Å². The Balaban J connectivity index is 1.53. The number of hydrogen-bond acceptors (Lipinski definition) is 3. The molecule has 30 heavy (non-hydrogen) atoms. The van der Waals surface area contributed by atoms with Crippen LogP contribution in [-0.2, 0) is 4.79 Å². The first-order valence-corrected chi connectivity index (χ1v) is 10.9. The summed E-state index contributed by atoms with van der Waals surface area (Å²) in [5.74, 6) is 0.0118. The molecule has 2 N–H and O–H groups in total. The van der Waals surface area contributed by atoms with Gasteiger partial charge in [0.25, 0.3) is 0 Å². The molecule has 7 heteroatoms. The monoisotopic (exact) mass is 453 g/mol. The van der Waals surface area contributed by atoms with Crippen LogP contribution in [0.5, 0.6) is 0 Å². The van der Waals surface area contributed by atoms with Gasteiger partial charge in [-0.25, -0.2) is 4.98 Å². The van der Waals surface area contributed by atoms with Crippen molar-refractivity contribution in [3.63, 3.8) is 0 Å². The second-order valence-electron chi connectivity index (χ2n) is 6.46. The topological polar surface area (TPSA) is 57.8 Å². The summed E-state index contributed by atoms with van der Waals surface area (Å²) in [6.45, 7) is 0. The van der Waals surface area contributed by atoms with E-state index < -0.39 is 0 Å². The Morgan fingerprint density at radius 3 is 2.27 bits per heavy atom. The Labute approximate surface area is 188 Å². The van der Waals surface area contributed by atoms with Crippen LogP contribution in [0.2, 0.25) is 10.0 Å². The lowest BCUT2D eigenvalue weighted by Crippen LogP contribution is -2.14. The van der Waals surface area contributed by atoms with Crippen LogP contribution in [0, 0.1) is 0 Å². The summed E-state index contributed by atoms with van der Waals surface area (Å²) in [5.41, 5.74) is 4.35. The van der Waals surface area contributed by atoms with Gasteiger partial charge in [-0.2, -0.15) is 0 Å².